The fourth-order valence-corrected chi connectivity index (χ4v) is 2.65. The molecule has 0 saturated carbocycles. The summed E-state index contributed by atoms with van der Waals surface area (Å²) < 4.78 is 38.2. The molecule has 0 radical (unpaired) electrons. The van der Waals surface area contributed by atoms with E-state index in [1.807, 2.05) is 0 Å². The van der Waals surface area contributed by atoms with E-state index in [9.17, 15) is 22.8 Å². The molecular formula is C15H16ClF3N2O2. The first-order valence-corrected chi connectivity index (χ1v) is 7.49. The first kappa shape index (κ1) is 17.6. The largest absolute Gasteiger partial charge is 0.416 e. The Morgan fingerprint density at radius 2 is 1.87 bits per heavy atom. The Hall–Kier alpha value is -1.76. The van der Waals surface area contributed by atoms with Crippen LogP contribution < -0.4 is 5.32 Å². The number of hydrogen-bond acceptors (Lipinski definition) is 2. The first-order chi connectivity index (χ1) is 10.7. The predicted octanol–water partition coefficient (Wildman–Crippen LogP) is 3.56. The van der Waals surface area contributed by atoms with Gasteiger partial charge in [0.25, 0.3) is 0 Å². The molecule has 4 nitrogen and oxygen atoms in total. The summed E-state index contributed by atoms with van der Waals surface area (Å²) >= 11 is 5.86. The van der Waals surface area contributed by atoms with Crippen LogP contribution in [0, 0.1) is 5.92 Å². The van der Waals surface area contributed by atoms with E-state index in [0.717, 1.165) is 18.2 Å². The van der Waals surface area contributed by atoms with E-state index in [2.05, 4.69) is 5.32 Å². The highest BCUT2D eigenvalue weighted by atomic mass is 35.5. The number of halogens is 4. The van der Waals surface area contributed by atoms with Crippen molar-refractivity contribution in [3.63, 3.8) is 0 Å². The van der Waals surface area contributed by atoms with Crippen molar-refractivity contribution in [3.05, 3.63) is 28.8 Å². The van der Waals surface area contributed by atoms with Crippen molar-refractivity contribution in [1.29, 1.82) is 0 Å². The van der Waals surface area contributed by atoms with E-state index >= 15 is 0 Å². The zero-order valence-corrected chi connectivity index (χ0v) is 13.2. The molecule has 1 saturated heterocycles. The predicted molar refractivity (Wildman–Crippen MR) is 80.1 cm³/mol. The van der Waals surface area contributed by atoms with Crippen molar-refractivity contribution in [1.82, 2.24) is 4.90 Å². The standard InChI is InChI=1S/C15H16ClF3N2O2/c1-9(22)21-6-4-10(5-7-21)14(23)20-13-8-11(15(17,18)19)2-3-12(13)16/h2-3,8,10H,4-7H2,1H3,(H,20,23). The summed E-state index contributed by atoms with van der Waals surface area (Å²) in [6.45, 7) is 2.39. The van der Waals surface area contributed by atoms with Crippen LogP contribution in [0.5, 0.6) is 0 Å². The van der Waals surface area contributed by atoms with Crippen molar-refractivity contribution < 1.29 is 22.8 Å². The summed E-state index contributed by atoms with van der Waals surface area (Å²) in [5.41, 5.74) is -0.927. The molecule has 0 unspecified atom stereocenters. The highest BCUT2D eigenvalue weighted by Crippen LogP contribution is 2.34. The fourth-order valence-electron chi connectivity index (χ4n) is 2.49. The highest BCUT2D eigenvalue weighted by Gasteiger charge is 2.32. The summed E-state index contributed by atoms with van der Waals surface area (Å²) in [5, 5.41) is 2.51. The number of carbonyl (C=O) groups excluding carboxylic acids is 2. The summed E-state index contributed by atoms with van der Waals surface area (Å²) in [6.07, 6.45) is -3.55. The number of nitrogens with zero attached hydrogens (tertiary/aromatic N) is 1. The fraction of sp³-hybridized carbons (Fsp3) is 0.467. The van der Waals surface area contributed by atoms with Crippen molar-refractivity contribution >= 4 is 29.1 Å². The number of likely N-dealkylation sites (tertiary alicyclic amines) is 1. The molecule has 1 aliphatic heterocycles. The lowest BCUT2D eigenvalue weighted by atomic mass is 9.95. The SMILES string of the molecule is CC(=O)N1CCC(C(=O)Nc2cc(C(F)(F)F)ccc2Cl)CC1. The van der Waals surface area contributed by atoms with E-state index < -0.39 is 11.7 Å². The van der Waals surface area contributed by atoms with Gasteiger partial charge in [-0.2, -0.15) is 13.2 Å². The van der Waals surface area contributed by atoms with Gasteiger partial charge in [0.1, 0.15) is 0 Å². The van der Waals surface area contributed by atoms with E-state index in [0.29, 0.717) is 25.9 Å². The summed E-state index contributed by atoms with van der Waals surface area (Å²) in [6, 6.07) is 2.80. The van der Waals surface area contributed by atoms with Gasteiger partial charge in [0, 0.05) is 25.9 Å². The quantitative estimate of drug-likeness (QED) is 0.888. The third kappa shape index (κ3) is 4.37. The minimum Gasteiger partial charge on any atom is -0.343 e. The van der Waals surface area contributed by atoms with Crippen LogP contribution in [0.4, 0.5) is 18.9 Å². The van der Waals surface area contributed by atoms with Crippen molar-refractivity contribution in [2.75, 3.05) is 18.4 Å². The Morgan fingerprint density at radius 3 is 2.39 bits per heavy atom. The van der Waals surface area contributed by atoms with Crippen molar-refractivity contribution in [2.45, 2.75) is 25.9 Å². The molecule has 1 aliphatic rings. The molecule has 1 heterocycles. The van der Waals surface area contributed by atoms with Crippen LogP contribution in [-0.4, -0.2) is 29.8 Å². The molecule has 0 bridgehead atoms. The van der Waals surface area contributed by atoms with Crippen LogP contribution in [0.1, 0.15) is 25.3 Å². The molecule has 1 N–H and O–H groups in total. The zero-order valence-electron chi connectivity index (χ0n) is 12.4. The third-order valence-corrected chi connectivity index (χ3v) is 4.19. The van der Waals surface area contributed by atoms with Gasteiger partial charge in [0.05, 0.1) is 16.3 Å². The average Bonchev–Trinajstić information content (AvgIpc) is 2.48. The van der Waals surface area contributed by atoms with Crippen LogP contribution in [0.15, 0.2) is 18.2 Å². The van der Waals surface area contributed by atoms with Crippen LogP contribution in [-0.2, 0) is 15.8 Å². The summed E-state index contributed by atoms with van der Waals surface area (Å²) in [4.78, 5) is 25.1. The number of anilines is 1. The van der Waals surface area contributed by atoms with Gasteiger partial charge >= 0.3 is 6.18 Å². The Bertz CT molecular complexity index is 611. The smallest absolute Gasteiger partial charge is 0.343 e. The van der Waals surface area contributed by atoms with E-state index in [4.69, 9.17) is 11.6 Å². The molecule has 1 fully saturated rings. The molecule has 1 aromatic rings. The molecule has 126 valence electrons. The highest BCUT2D eigenvalue weighted by molar-refractivity contribution is 6.33. The van der Waals surface area contributed by atoms with Crippen LogP contribution >= 0.6 is 11.6 Å². The minimum atomic E-state index is -4.50. The lowest BCUT2D eigenvalue weighted by Crippen LogP contribution is -2.40. The third-order valence-electron chi connectivity index (χ3n) is 3.86. The Labute approximate surface area is 136 Å². The van der Waals surface area contributed by atoms with Crippen LogP contribution in [0.2, 0.25) is 5.02 Å². The number of benzene rings is 1. The average molecular weight is 349 g/mol. The molecule has 2 rings (SSSR count). The monoisotopic (exact) mass is 348 g/mol. The number of carbonyl (C=O) groups is 2. The molecular weight excluding hydrogens is 333 g/mol. The molecule has 2 amide bonds. The first-order valence-electron chi connectivity index (χ1n) is 7.11. The molecule has 1 aromatic carbocycles. The molecule has 0 aliphatic carbocycles. The van der Waals surface area contributed by atoms with Gasteiger partial charge in [0.15, 0.2) is 0 Å². The maximum Gasteiger partial charge on any atom is 0.416 e. The number of hydrogen-bond donors (Lipinski definition) is 1. The topological polar surface area (TPSA) is 49.4 Å². The van der Waals surface area contributed by atoms with Crippen LogP contribution in [0.25, 0.3) is 0 Å². The normalized spacial score (nSPS) is 16.3. The van der Waals surface area contributed by atoms with Gasteiger partial charge in [-0.05, 0) is 31.0 Å². The second-order valence-electron chi connectivity index (χ2n) is 5.46. The number of amides is 2. The number of rotatable bonds is 2. The number of piperidine rings is 1. The maximum atomic E-state index is 12.7. The minimum absolute atomic E-state index is 0.0486. The molecule has 23 heavy (non-hydrogen) atoms. The lowest BCUT2D eigenvalue weighted by Gasteiger charge is -2.30. The molecule has 0 spiro atoms. The second-order valence-corrected chi connectivity index (χ2v) is 5.87. The van der Waals surface area contributed by atoms with E-state index in [1.165, 1.54) is 6.92 Å². The van der Waals surface area contributed by atoms with Gasteiger partial charge < -0.3 is 10.2 Å². The van der Waals surface area contributed by atoms with Gasteiger partial charge in [-0.1, -0.05) is 11.6 Å². The van der Waals surface area contributed by atoms with Crippen LogP contribution in [0.3, 0.4) is 0 Å². The number of alkyl halides is 3. The summed E-state index contributed by atoms with van der Waals surface area (Å²) in [5.74, 6) is -0.782. The maximum absolute atomic E-state index is 12.7. The van der Waals surface area contributed by atoms with Gasteiger partial charge in [-0.3, -0.25) is 9.59 Å². The second kappa shape index (κ2) is 6.78. The summed E-state index contributed by atoms with van der Waals surface area (Å²) in [7, 11) is 0. The lowest BCUT2D eigenvalue weighted by molar-refractivity contribution is -0.137. The Kier molecular flexibility index (Phi) is 5.19. The molecule has 0 atom stereocenters. The van der Waals surface area contributed by atoms with Crippen molar-refractivity contribution in [2.24, 2.45) is 5.92 Å². The van der Waals surface area contributed by atoms with Gasteiger partial charge in [-0.15, -0.1) is 0 Å². The van der Waals surface area contributed by atoms with Gasteiger partial charge in [0.2, 0.25) is 11.8 Å². The van der Waals surface area contributed by atoms with Crippen molar-refractivity contribution in [3.8, 4) is 0 Å². The zero-order chi connectivity index (χ0) is 17.2. The Balaban J connectivity index is 2.05. The van der Waals surface area contributed by atoms with E-state index in [-0.39, 0.29) is 28.4 Å². The Morgan fingerprint density at radius 1 is 1.26 bits per heavy atom. The molecule has 8 heteroatoms. The van der Waals surface area contributed by atoms with E-state index in [1.54, 1.807) is 4.90 Å². The van der Waals surface area contributed by atoms with Gasteiger partial charge in [-0.25, -0.2) is 0 Å². The molecule has 0 aromatic heterocycles. The number of nitrogens with one attached hydrogen (secondary N) is 1.